The molecule has 0 nitrogen and oxygen atoms in total. The van der Waals surface area contributed by atoms with Crippen LogP contribution < -0.4 is 0 Å². The summed E-state index contributed by atoms with van der Waals surface area (Å²) in [5.41, 5.74) is 5.44. The number of benzene rings is 1. The van der Waals surface area contributed by atoms with E-state index in [4.69, 9.17) is 0 Å². The topological polar surface area (TPSA) is 0 Å². The lowest BCUT2D eigenvalue weighted by atomic mass is 9.76. The van der Waals surface area contributed by atoms with Gasteiger partial charge in [0.1, 0.15) is 0 Å². The molecular weight excluding hydrogens is 240 g/mol. The molecule has 1 aromatic carbocycles. The highest BCUT2D eigenvalue weighted by atomic mass is 14.3. The molecule has 0 aliphatic heterocycles. The van der Waals surface area contributed by atoms with Crippen LogP contribution >= 0.6 is 0 Å². The number of rotatable bonds is 3. The monoisotopic (exact) mass is 264 g/mol. The average Bonchev–Trinajstić information content (AvgIpc) is 2.48. The quantitative estimate of drug-likeness (QED) is 0.602. The van der Waals surface area contributed by atoms with Crippen LogP contribution in [-0.2, 0) is 5.41 Å². The van der Waals surface area contributed by atoms with E-state index in [0.29, 0.717) is 0 Å². The molecule has 0 heteroatoms. The summed E-state index contributed by atoms with van der Waals surface area (Å²) < 4.78 is 0. The van der Waals surface area contributed by atoms with Crippen molar-refractivity contribution < 1.29 is 0 Å². The second-order valence-corrected chi connectivity index (χ2v) is 5.72. The van der Waals surface area contributed by atoms with Crippen LogP contribution in [0.1, 0.15) is 45.2 Å². The zero-order valence-electron chi connectivity index (χ0n) is 13.0. The van der Waals surface area contributed by atoms with Crippen LogP contribution in [-0.4, -0.2) is 0 Å². The summed E-state index contributed by atoms with van der Waals surface area (Å²) in [6.45, 7) is 8.61. The van der Waals surface area contributed by atoms with Gasteiger partial charge in [-0.15, -0.1) is 0 Å². The van der Waals surface area contributed by atoms with Crippen LogP contribution in [0, 0.1) is 0 Å². The van der Waals surface area contributed by atoms with E-state index in [9.17, 15) is 0 Å². The summed E-state index contributed by atoms with van der Waals surface area (Å²) in [7, 11) is 0. The first-order valence-corrected chi connectivity index (χ1v) is 7.35. The molecule has 0 aromatic heterocycles. The van der Waals surface area contributed by atoms with E-state index in [1.54, 1.807) is 0 Å². The van der Waals surface area contributed by atoms with Gasteiger partial charge in [0.25, 0.3) is 0 Å². The molecule has 1 aliphatic rings. The predicted octanol–water partition coefficient (Wildman–Crippen LogP) is 5.83. The Kier molecular flexibility index (Phi) is 4.44. The third-order valence-electron chi connectivity index (χ3n) is 4.10. The molecule has 0 radical (unpaired) electrons. The lowest BCUT2D eigenvalue weighted by Gasteiger charge is -2.28. The lowest BCUT2D eigenvalue weighted by molar-refractivity contribution is 0.596. The highest BCUT2D eigenvalue weighted by Gasteiger charge is 2.24. The maximum Gasteiger partial charge on any atom is 0.0141 e. The molecule has 1 aromatic rings. The summed E-state index contributed by atoms with van der Waals surface area (Å²) in [5.74, 6) is 0. The lowest BCUT2D eigenvalue weighted by Crippen LogP contribution is -2.19. The van der Waals surface area contributed by atoms with Crippen molar-refractivity contribution in [1.82, 2.24) is 0 Å². The minimum Gasteiger partial charge on any atom is -0.0871 e. The summed E-state index contributed by atoms with van der Waals surface area (Å²) in [6, 6.07) is 8.99. The molecule has 1 aliphatic carbocycles. The van der Waals surface area contributed by atoms with Crippen molar-refractivity contribution in [2.24, 2.45) is 0 Å². The summed E-state index contributed by atoms with van der Waals surface area (Å²) in [6.07, 6.45) is 14.4. The minimum atomic E-state index is 0.134. The molecule has 0 saturated heterocycles. The Morgan fingerprint density at radius 2 is 1.85 bits per heavy atom. The molecule has 0 heterocycles. The highest BCUT2D eigenvalue weighted by Crippen LogP contribution is 2.34. The van der Waals surface area contributed by atoms with E-state index >= 15 is 0 Å². The average molecular weight is 264 g/mol. The van der Waals surface area contributed by atoms with Crippen molar-refractivity contribution >= 4 is 5.57 Å². The number of allylic oxidation sites excluding steroid dienone is 8. The second kappa shape index (κ2) is 6.09. The van der Waals surface area contributed by atoms with Crippen molar-refractivity contribution in [3.8, 4) is 0 Å². The second-order valence-electron chi connectivity index (χ2n) is 5.72. The molecule has 2 rings (SSSR count). The fourth-order valence-corrected chi connectivity index (χ4v) is 2.62. The third kappa shape index (κ3) is 3.01. The Labute approximate surface area is 123 Å². The van der Waals surface area contributed by atoms with E-state index in [1.165, 1.54) is 22.3 Å². The van der Waals surface area contributed by atoms with E-state index in [1.807, 2.05) is 0 Å². The molecule has 0 amide bonds. The van der Waals surface area contributed by atoms with E-state index < -0.39 is 0 Å². The van der Waals surface area contributed by atoms with Crippen molar-refractivity contribution in [3.05, 3.63) is 77.4 Å². The fraction of sp³-hybridized carbons (Fsp3) is 0.300. The van der Waals surface area contributed by atoms with Crippen molar-refractivity contribution in [3.63, 3.8) is 0 Å². The van der Waals surface area contributed by atoms with Crippen LogP contribution in [0.2, 0.25) is 0 Å². The Morgan fingerprint density at radius 3 is 2.35 bits per heavy atom. The molecule has 104 valence electrons. The predicted molar refractivity (Wildman–Crippen MR) is 89.8 cm³/mol. The van der Waals surface area contributed by atoms with Gasteiger partial charge in [0.2, 0.25) is 0 Å². The molecule has 1 unspecified atom stereocenters. The fourth-order valence-electron chi connectivity index (χ4n) is 2.62. The van der Waals surface area contributed by atoms with Gasteiger partial charge in [0, 0.05) is 5.41 Å². The summed E-state index contributed by atoms with van der Waals surface area (Å²) in [5, 5.41) is 0. The Bertz CT molecular complexity index is 579. The molecule has 0 N–H and O–H groups in total. The van der Waals surface area contributed by atoms with Gasteiger partial charge in [-0.2, -0.15) is 0 Å². The van der Waals surface area contributed by atoms with Gasteiger partial charge < -0.3 is 0 Å². The van der Waals surface area contributed by atoms with Gasteiger partial charge in [-0.25, -0.2) is 0 Å². The highest BCUT2D eigenvalue weighted by molar-refractivity contribution is 5.73. The van der Waals surface area contributed by atoms with Crippen molar-refractivity contribution in [2.75, 3.05) is 0 Å². The minimum absolute atomic E-state index is 0.134. The van der Waals surface area contributed by atoms with Crippen LogP contribution in [0.5, 0.6) is 0 Å². The van der Waals surface area contributed by atoms with Gasteiger partial charge in [-0.1, -0.05) is 73.2 Å². The van der Waals surface area contributed by atoms with Crippen molar-refractivity contribution in [2.45, 2.75) is 39.5 Å². The summed E-state index contributed by atoms with van der Waals surface area (Å²) >= 11 is 0. The van der Waals surface area contributed by atoms with E-state index in [-0.39, 0.29) is 5.41 Å². The Morgan fingerprint density at radius 1 is 1.15 bits per heavy atom. The van der Waals surface area contributed by atoms with Crippen LogP contribution in [0.3, 0.4) is 0 Å². The van der Waals surface area contributed by atoms with Crippen LogP contribution in [0.15, 0.2) is 66.3 Å². The Balaban J connectivity index is 2.27. The molecule has 0 spiro atoms. The molecule has 0 saturated carbocycles. The maximum atomic E-state index is 2.33. The smallest absolute Gasteiger partial charge is 0.0141 e. The van der Waals surface area contributed by atoms with E-state index in [2.05, 4.69) is 88.4 Å². The van der Waals surface area contributed by atoms with Gasteiger partial charge in [-0.3, -0.25) is 0 Å². The zero-order chi connectivity index (χ0) is 14.6. The van der Waals surface area contributed by atoms with Gasteiger partial charge in [0.05, 0.1) is 0 Å². The molecule has 1 atom stereocenters. The maximum absolute atomic E-state index is 2.33. The normalized spacial score (nSPS) is 23.2. The number of hydrogen-bond donors (Lipinski definition) is 0. The van der Waals surface area contributed by atoms with Gasteiger partial charge in [0.15, 0.2) is 0 Å². The largest absolute Gasteiger partial charge is 0.0871 e. The standard InChI is InChI=1S/C20H24/c1-5-7-17(6-2)18-8-10-19(11-9-18)20(4)14-12-16(3)13-15-20/h5-14H,15H2,1-4H3/b7-5-,17-6+. The Hall–Kier alpha value is -1.82. The third-order valence-corrected chi connectivity index (χ3v) is 4.10. The summed E-state index contributed by atoms with van der Waals surface area (Å²) in [4.78, 5) is 0. The number of hydrogen-bond acceptors (Lipinski definition) is 0. The molecular formula is C20H24. The molecule has 0 bridgehead atoms. The van der Waals surface area contributed by atoms with Crippen LogP contribution in [0.25, 0.3) is 5.57 Å². The SMILES string of the molecule is C/C=C\C(=C/C)c1ccc(C2(C)C=CC(C)=CC2)cc1. The van der Waals surface area contributed by atoms with Gasteiger partial charge >= 0.3 is 0 Å². The van der Waals surface area contributed by atoms with E-state index in [0.717, 1.165) is 6.42 Å². The van der Waals surface area contributed by atoms with Crippen molar-refractivity contribution in [1.29, 1.82) is 0 Å². The molecule has 20 heavy (non-hydrogen) atoms. The first kappa shape index (κ1) is 14.6. The van der Waals surface area contributed by atoms with Crippen LogP contribution in [0.4, 0.5) is 0 Å². The first-order chi connectivity index (χ1) is 9.59. The zero-order valence-corrected chi connectivity index (χ0v) is 13.0. The first-order valence-electron chi connectivity index (χ1n) is 7.35. The van der Waals surface area contributed by atoms with Gasteiger partial charge in [-0.05, 0) is 43.9 Å². The molecule has 0 fully saturated rings.